The van der Waals surface area contributed by atoms with E-state index in [0.717, 1.165) is 18.4 Å². The first-order chi connectivity index (χ1) is 29.2. The number of carboxylic acid groups (broad SMARTS) is 1. The van der Waals surface area contributed by atoms with Crippen LogP contribution in [0, 0.1) is 0 Å². The molecule has 2 unspecified atom stereocenters. The highest BCUT2D eigenvalue weighted by Crippen LogP contribution is 2.19. The Bertz CT molecular complexity index is 2130. The molecule has 0 aliphatic rings. The molecule has 0 heterocycles. The van der Waals surface area contributed by atoms with Crippen LogP contribution in [0.2, 0.25) is 0 Å². The van der Waals surface area contributed by atoms with Gasteiger partial charge in [0.25, 0.3) is 5.91 Å². The number of unbranched alkanes of at least 4 members (excludes halogenated alkanes) is 4. The van der Waals surface area contributed by atoms with E-state index in [9.17, 15) is 29.1 Å². The number of carboxylic acids is 1. The number of ether oxygens (including phenoxy) is 3. The molecule has 12 nitrogen and oxygen atoms in total. The molecule has 0 radical (unpaired) electrons. The minimum Gasteiger partial charge on any atom is -0.494 e. The first kappa shape index (κ1) is 44.3. The summed E-state index contributed by atoms with van der Waals surface area (Å²) in [7, 11) is 0. The molecular weight excluding hydrogens is 763 g/mol. The van der Waals surface area contributed by atoms with Crippen LogP contribution in [0.25, 0.3) is 0 Å². The molecule has 0 spiro atoms. The summed E-state index contributed by atoms with van der Waals surface area (Å²) >= 11 is 0. The SMILES string of the molecule is CCCCCCCOc1ccc(C(=O)Oc2ccc(CC(NC(=O)c3ccc(NC(=O)COCc4ccccc4)cc3)C(=O)NC(Cc3ccccc3)C(=O)O)cc2)cc1. The molecular formula is C48H51N3O9. The minimum absolute atomic E-state index is 0.0132. The number of benzene rings is 5. The second kappa shape index (κ2) is 23.6. The first-order valence-electron chi connectivity index (χ1n) is 20.1. The van der Waals surface area contributed by atoms with Crippen LogP contribution in [0.5, 0.6) is 11.5 Å². The fourth-order valence-electron chi connectivity index (χ4n) is 6.19. The highest BCUT2D eigenvalue weighted by atomic mass is 16.5. The summed E-state index contributed by atoms with van der Waals surface area (Å²) < 4.78 is 16.9. The van der Waals surface area contributed by atoms with Crippen LogP contribution in [0.3, 0.4) is 0 Å². The fraction of sp³-hybridized carbons (Fsp3) is 0.271. The smallest absolute Gasteiger partial charge is 0.343 e. The third kappa shape index (κ3) is 14.9. The summed E-state index contributed by atoms with van der Waals surface area (Å²) in [4.78, 5) is 64.9. The van der Waals surface area contributed by atoms with E-state index in [1.807, 2.05) is 36.4 Å². The number of esters is 1. The lowest BCUT2D eigenvalue weighted by Crippen LogP contribution is -2.53. The summed E-state index contributed by atoms with van der Waals surface area (Å²) in [6.07, 6.45) is 5.69. The number of rotatable bonds is 23. The molecule has 0 saturated carbocycles. The zero-order valence-corrected chi connectivity index (χ0v) is 33.6. The van der Waals surface area contributed by atoms with Gasteiger partial charge >= 0.3 is 11.9 Å². The molecule has 0 aromatic heterocycles. The van der Waals surface area contributed by atoms with Crippen LogP contribution in [-0.2, 0) is 38.6 Å². The van der Waals surface area contributed by atoms with Crippen molar-refractivity contribution in [2.24, 2.45) is 0 Å². The predicted molar refractivity (Wildman–Crippen MR) is 228 cm³/mol. The topological polar surface area (TPSA) is 169 Å². The normalized spacial score (nSPS) is 11.8. The Hall–Kier alpha value is -6.79. The number of anilines is 1. The van der Waals surface area contributed by atoms with Crippen molar-refractivity contribution in [3.63, 3.8) is 0 Å². The number of hydrogen-bond acceptors (Lipinski definition) is 8. The number of hydrogen-bond donors (Lipinski definition) is 4. The second-order valence-corrected chi connectivity index (χ2v) is 14.2. The van der Waals surface area contributed by atoms with E-state index in [-0.39, 0.29) is 43.3 Å². The van der Waals surface area contributed by atoms with Crippen LogP contribution in [-0.4, -0.2) is 60.1 Å². The van der Waals surface area contributed by atoms with Gasteiger partial charge in [-0.25, -0.2) is 9.59 Å². The minimum atomic E-state index is -1.27. The molecule has 4 N–H and O–H groups in total. The molecule has 0 saturated heterocycles. The number of aliphatic carboxylic acids is 1. The summed E-state index contributed by atoms with van der Waals surface area (Å²) in [5.74, 6) is -2.51. The Balaban J connectivity index is 1.20. The molecule has 12 heteroatoms. The molecule has 5 aromatic carbocycles. The van der Waals surface area contributed by atoms with Gasteiger partial charge in [0.2, 0.25) is 11.8 Å². The Morgan fingerprint density at radius 3 is 1.83 bits per heavy atom. The van der Waals surface area contributed by atoms with Crippen molar-refractivity contribution >= 4 is 35.3 Å². The summed E-state index contributed by atoms with van der Waals surface area (Å²) in [6, 6.07) is 35.2. The second-order valence-electron chi connectivity index (χ2n) is 14.2. The standard InChI is InChI=1S/C48H51N3O9/c1-2-3-4-5-12-29-59-40-27-21-38(22-28-40)48(57)60-41-25-17-35(18-26-41)30-42(46(54)51-43(47(55)56)31-34-13-8-6-9-14-34)50-45(53)37-19-23-39(24-20-37)49-44(52)33-58-32-36-15-10-7-11-16-36/h6-11,13-28,42-43H,2-5,12,29-33H2,1H3,(H,49,52)(H,50,53)(H,51,54)(H,55,56). The van der Waals surface area contributed by atoms with E-state index in [2.05, 4.69) is 22.9 Å². The van der Waals surface area contributed by atoms with Gasteiger partial charge in [-0.3, -0.25) is 14.4 Å². The molecule has 3 amide bonds. The van der Waals surface area contributed by atoms with Gasteiger partial charge in [-0.1, -0.05) is 105 Å². The van der Waals surface area contributed by atoms with E-state index >= 15 is 0 Å². The molecule has 0 fully saturated rings. The maximum absolute atomic E-state index is 13.7. The maximum atomic E-state index is 13.7. The van der Waals surface area contributed by atoms with Crippen LogP contribution in [0.15, 0.2) is 133 Å². The zero-order chi connectivity index (χ0) is 42.5. The Labute approximate surface area is 350 Å². The van der Waals surface area contributed by atoms with Crippen molar-refractivity contribution < 1.29 is 43.3 Å². The molecule has 60 heavy (non-hydrogen) atoms. The highest BCUT2D eigenvalue weighted by Gasteiger charge is 2.28. The molecule has 2 atom stereocenters. The van der Waals surface area contributed by atoms with Crippen molar-refractivity contribution in [2.75, 3.05) is 18.5 Å². The van der Waals surface area contributed by atoms with Crippen molar-refractivity contribution in [2.45, 2.75) is 70.6 Å². The number of nitrogens with one attached hydrogen (secondary N) is 3. The average Bonchev–Trinajstić information content (AvgIpc) is 3.26. The third-order valence-electron chi connectivity index (χ3n) is 9.47. The third-order valence-corrected chi connectivity index (χ3v) is 9.47. The Morgan fingerprint density at radius 1 is 0.600 bits per heavy atom. The number of carbonyl (C=O) groups is 5. The first-order valence-corrected chi connectivity index (χ1v) is 20.1. The highest BCUT2D eigenvalue weighted by molar-refractivity contribution is 5.99. The lowest BCUT2D eigenvalue weighted by atomic mass is 10.0. The zero-order valence-electron chi connectivity index (χ0n) is 33.6. The van der Waals surface area contributed by atoms with Gasteiger partial charge in [0.1, 0.15) is 30.2 Å². The average molecular weight is 814 g/mol. The Kier molecular flexibility index (Phi) is 17.4. The molecule has 312 valence electrons. The van der Waals surface area contributed by atoms with E-state index in [4.69, 9.17) is 14.2 Å². The van der Waals surface area contributed by atoms with Crippen molar-refractivity contribution in [1.29, 1.82) is 0 Å². The quantitative estimate of drug-likeness (QED) is 0.0295. The lowest BCUT2D eigenvalue weighted by Gasteiger charge is -2.22. The van der Waals surface area contributed by atoms with E-state index < -0.39 is 35.8 Å². The number of amides is 3. The molecule has 0 aliphatic carbocycles. The van der Waals surface area contributed by atoms with E-state index in [1.165, 1.54) is 31.4 Å². The van der Waals surface area contributed by atoms with Gasteiger partial charge in [-0.05, 0) is 83.8 Å². The van der Waals surface area contributed by atoms with Crippen molar-refractivity contribution in [3.8, 4) is 11.5 Å². The Morgan fingerprint density at radius 2 is 1.18 bits per heavy atom. The predicted octanol–water partition coefficient (Wildman–Crippen LogP) is 7.56. The van der Waals surface area contributed by atoms with E-state index in [0.29, 0.717) is 34.7 Å². The molecule has 5 rings (SSSR count). The summed E-state index contributed by atoms with van der Waals surface area (Å²) in [6.45, 7) is 2.91. The van der Waals surface area contributed by atoms with Gasteiger partial charge in [0.15, 0.2) is 0 Å². The van der Waals surface area contributed by atoms with Crippen LogP contribution < -0.4 is 25.4 Å². The number of carbonyl (C=O) groups excluding carboxylic acids is 4. The van der Waals surface area contributed by atoms with Gasteiger partial charge in [0, 0.05) is 24.1 Å². The monoisotopic (exact) mass is 813 g/mol. The largest absolute Gasteiger partial charge is 0.494 e. The van der Waals surface area contributed by atoms with Crippen molar-refractivity contribution in [1.82, 2.24) is 10.6 Å². The van der Waals surface area contributed by atoms with Gasteiger partial charge in [0.05, 0.1) is 18.8 Å². The van der Waals surface area contributed by atoms with Crippen LogP contribution in [0.4, 0.5) is 5.69 Å². The van der Waals surface area contributed by atoms with Gasteiger partial charge < -0.3 is 35.3 Å². The van der Waals surface area contributed by atoms with Crippen LogP contribution >= 0.6 is 0 Å². The summed E-state index contributed by atoms with van der Waals surface area (Å²) in [5.41, 5.74) is 3.24. The van der Waals surface area contributed by atoms with Crippen molar-refractivity contribution in [3.05, 3.63) is 161 Å². The van der Waals surface area contributed by atoms with E-state index in [1.54, 1.807) is 84.9 Å². The van der Waals surface area contributed by atoms with Gasteiger partial charge in [-0.15, -0.1) is 0 Å². The fourth-order valence-corrected chi connectivity index (χ4v) is 6.19. The molecule has 0 bridgehead atoms. The van der Waals surface area contributed by atoms with Gasteiger partial charge in [-0.2, -0.15) is 0 Å². The molecule has 5 aromatic rings. The maximum Gasteiger partial charge on any atom is 0.343 e. The van der Waals surface area contributed by atoms with Crippen LogP contribution in [0.1, 0.15) is 76.4 Å². The lowest BCUT2D eigenvalue weighted by molar-refractivity contribution is -0.142. The summed E-state index contributed by atoms with van der Waals surface area (Å²) in [5, 5.41) is 18.0. The molecule has 0 aliphatic heterocycles.